The molecule has 0 amide bonds. The number of rotatable bonds is 7. The summed E-state index contributed by atoms with van der Waals surface area (Å²) in [5.74, 6) is -2.08. The first-order valence-corrected chi connectivity index (χ1v) is 8.59. The monoisotopic (exact) mass is 366 g/mol. The molecule has 0 radical (unpaired) electrons. The summed E-state index contributed by atoms with van der Waals surface area (Å²) in [6.07, 6.45) is 0.550. The van der Waals surface area contributed by atoms with Crippen LogP contribution in [0, 0.1) is 11.2 Å². The molecule has 0 bridgehead atoms. The standard InChI is InChI=1S/C19H27FN2O4/c1-7-25-16(23)19(6,17(24)26-8-2)22-21-15-10-9-14(20)11-13(15)12-18(3,4)5/h9-11H,7-8,12H2,1-6H3. The molecular weight excluding hydrogens is 339 g/mol. The smallest absolute Gasteiger partial charge is 0.347 e. The van der Waals surface area contributed by atoms with Gasteiger partial charge in [-0.2, -0.15) is 10.2 Å². The fourth-order valence-corrected chi connectivity index (χ4v) is 2.23. The summed E-state index contributed by atoms with van der Waals surface area (Å²) >= 11 is 0. The first-order chi connectivity index (χ1) is 12.0. The number of hydrogen-bond acceptors (Lipinski definition) is 6. The average Bonchev–Trinajstić information content (AvgIpc) is 2.52. The van der Waals surface area contributed by atoms with Gasteiger partial charge in [-0.15, -0.1) is 0 Å². The highest BCUT2D eigenvalue weighted by atomic mass is 19.1. The van der Waals surface area contributed by atoms with Gasteiger partial charge in [0.25, 0.3) is 5.54 Å². The van der Waals surface area contributed by atoms with Gasteiger partial charge >= 0.3 is 11.9 Å². The molecule has 144 valence electrons. The summed E-state index contributed by atoms with van der Waals surface area (Å²) in [6.45, 7) is 10.8. The molecule has 0 fully saturated rings. The van der Waals surface area contributed by atoms with Crippen molar-refractivity contribution in [2.24, 2.45) is 15.6 Å². The molecule has 0 unspecified atom stereocenters. The van der Waals surface area contributed by atoms with Crippen LogP contribution in [-0.4, -0.2) is 30.7 Å². The van der Waals surface area contributed by atoms with Gasteiger partial charge < -0.3 is 9.47 Å². The second-order valence-corrected chi connectivity index (χ2v) is 7.22. The van der Waals surface area contributed by atoms with E-state index in [1.807, 2.05) is 20.8 Å². The molecule has 0 heterocycles. The Morgan fingerprint density at radius 1 is 1.04 bits per heavy atom. The molecule has 0 aliphatic carbocycles. The number of carbonyl (C=O) groups is 2. The van der Waals surface area contributed by atoms with Crippen LogP contribution in [0.15, 0.2) is 28.4 Å². The van der Waals surface area contributed by atoms with Gasteiger partial charge in [0, 0.05) is 0 Å². The first-order valence-electron chi connectivity index (χ1n) is 8.59. The van der Waals surface area contributed by atoms with Crippen molar-refractivity contribution in [1.82, 2.24) is 0 Å². The molecule has 0 spiro atoms. The van der Waals surface area contributed by atoms with Gasteiger partial charge in [-0.05, 0) is 56.4 Å². The van der Waals surface area contributed by atoms with Crippen molar-refractivity contribution in [3.05, 3.63) is 29.6 Å². The predicted octanol–water partition coefficient (Wildman–Crippen LogP) is 4.38. The summed E-state index contributed by atoms with van der Waals surface area (Å²) in [7, 11) is 0. The van der Waals surface area contributed by atoms with E-state index in [1.54, 1.807) is 13.8 Å². The zero-order valence-corrected chi connectivity index (χ0v) is 16.3. The van der Waals surface area contributed by atoms with E-state index in [0.717, 1.165) is 0 Å². The zero-order chi connectivity index (χ0) is 20.0. The highest BCUT2D eigenvalue weighted by Crippen LogP contribution is 2.30. The number of nitrogens with zero attached hydrogens (tertiary/aromatic N) is 2. The third-order valence-corrected chi connectivity index (χ3v) is 3.47. The van der Waals surface area contributed by atoms with Crippen LogP contribution < -0.4 is 0 Å². The molecular formula is C19H27FN2O4. The Labute approximate surface area is 153 Å². The Bertz CT molecular complexity index is 663. The Balaban J connectivity index is 3.28. The molecule has 0 N–H and O–H groups in total. The van der Waals surface area contributed by atoms with Crippen LogP contribution in [0.3, 0.4) is 0 Å². The molecule has 26 heavy (non-hydrogen) atoms. The molecule has 1 rings (SSSR count). The number of azo groups is 1. The van der Waals surface area contributed by atoms with Crippen LogP contribution in [0.5, 0.6) is 0 Å². The summed E-state index contributed by atoms with van der Waals surface area (Å²) < 4.78 is 23.5. The molecule has 0 aliphatic rings. The number of halogens is 1. The normalized spacial score (nSPS) is 12.3. The lowest BCUT2D eigenvalue weighted by atomic mass is 9.87. The predicted molar refractivity (Wildman–Crippen MR) is 95.7 cm³/mol. The second kappa shape index (κ2) is 8.87. The van der Waals surface area contributed by atoms with Gasteiger partial charge in [0.1, 0.15) is 5.82 Å². The second-order valence-electron chi connectivity index (χ2n) is 7.22. The lowest BCUT2D eigenvalue weighted by Gasteiger charge is -2.21. The fourth-order valence-electron chi connectivity index (χ4n) is 2.23. The molecule has 0 saturated carbocycles. The quantitative estimate of drug-likeness (QED) is 0.407. The lowest BCUT2D eigenvalue weighted by molar-refractivity contribution is -0.163. The van der Waals surface area contributed by atoms with E-state index >= 15 is 0 Å². The van der Waals surface area contributed by atoms with Gasteiger partial charge in [-0.1, -0.05) is 20.8 Å². The highest BCUT2D eigenvalue weighted by Gasteiger charge is 2.45. The minimum absolute atomic E-state index is 0.0924. The Morgan fingerprint density at radius 3 is 2.04 bits per heavy atom. The van der Waals surface area contributed by atoms with E-state index in [1.165, 1.54) is 25.1 Å². The van der Waals surface area contributed by atoms with Crippen molar-refractivity contribution < 1.29 is 23.5 Å². The van der Waals surface area contributed by atoms with Crippen LogP contribution in [0.4, 0.5) is 10.1 Å². The highest BCUT2D eigenvalue weighted by molar-refractivity contribution is 6.04. The molecule has 1 aromatic rings. The number of carbonyl (C=O) groups excluding carboxylic acids is 2. The van der Waals surface area contributed by atoms with E-state index in [2.05, 4.69) is 10.2 Å². The van der Waals surface area contributed by atoms with E-state index in [0.29, 0.717) is 17.7 Å². The topological polar surface area (TPSA) is 77.3 Å². The van der Waals surface area contributed by atoms with Gasteiger partial charge in [-0.3, -0.25) is 0 Å². The van der Waals surface area contributed by atoms with Crippen LogP contribution in [0.2, 0.25) is 0 Å². The number of hydrogen-bond donors (Lipinski definition) is 0. The van der Waals surface area contributed by atoms with Crippen molar-refractivity contribution in [2.45, 2.75) is 53.5 Å². The number of ether oxygens (including phenoxy) is 2. The maximum Gasteiger partial charge on any atom is 0.347 e. The van der Waals surface area contributed by atoms with Crippen molar-refractivity contribution in [1.29, 1.82) is 0 Å². The van der Waals surface area contributed by atoms with Crippen LogP contribution >= 0.6 is 0 Å². The van der Waals surface area contributed by atoms with Crippen molar-refractivity contribution in [2.75, 3.05) is 13.2 Å². The molecule has 0 aliphatic heterocycles. The Kier molecular flexibility index (Phi) is 7.41. The summed E-state index contributed by atoms with van der Waals surface area (Å²) in [6, 6.07) is 4.11. The van der Waals surface area contributed by atoms with Crippen LogP contribution in [-0.2, 0) is 25.5 Å². The van der Waals surface area contributed by atoms with Crippen LogP contribution in [0.1, 0.15) is 47.1 Å². The van der Waals surface area contributed by atoms with E-state index in [9.17, 15) is 14.0 Å². The molecule has 0 aromatic heterocycles. The van der Waals surface area contributed by atoms with Crippen LogP contribution in [0.25, 0.3) is 0 Å². The van der Waals surface area contributed by atoms with E-state index < -0.39 is 17.5 Å². The van der Waals surface area contributed by atoms with Crippen molar-refractivity contribution >= 4 is 17.6 Å². The lowest BCUT2D eigenvalue weighted by Crippen LogP contribution is -2.44. The number of benzene rings is 1. The third-order valence-electron chi connectivity index (χ3n) is 3.47. The summed E-state index contributed by atoms with van der Waals surface area (Å²) in [4.78, 5) is 24.5. The molecule has 6 nitrogen and oxygen atoms in total. The van der Waals surface area contributed by atoms with Gasteiger partial charge in [-0.25, -0.2) is 14.0 Å². The maximum absolute atomic E-state index is 13.6. The molecule has 1 aromatic carbocycles. The molecule has 0 saturated heterocycles. The molecule has 0 atom stereocenters. The fraction of sp³-hybridized carbons (Fsp3) is 0.579. The largest absolute Gasteiger partial charge is 0.464 e. The summed E-state index contributed by atoms with van der Waals surface area (Å²) in [5.41, 5.74) is -0.999. The minimum atomic E-state index is -1.92. The van der Waals surface area contributed by atoms with E-state index in [-0.39, 0.29) is 24.4 Å². The molecule has 7 heteroatoms. The van der Waals surface area contributed by atoms with E-state index in [4.69, 9.17) is 9.47 Å². The first kappa shape index (κ1) is 21.7. The van der Waals surface area contributed by atoms with Crippen molar-refractivity contribution in [3.63, 3.8) is 0 Å². The van der Waals surface area contributed by atoms with Gasteiger partial charge in [0.05, 0.1) is 18.9 Å². The third kappa shape index (κ3) is 5.89. The average molecular weight is 366 g/mol. The maximum atomic E-state index is 13.6. The van der Waals surface area contributed by atoms with Gasteiger partial charge in [0.15, 0.2) is 0 Å². The summed E-state index contributed by atoms with van der Waals surface area (Å²) in [5, 5.41) is 8.00. The van der Waals surface area contributed by atoms with Gasteiger partial charge in [0.2, 0.25) is 0 Å². The SMILES string of the molecule is CCOC(=O)C(C)(N=Nc1ccc(F)cc1CC(C)(C)C)C(=O)OCC. The zero-order valence-electron chi connectivity index (χ0n) is 16.3. The van der Waals surface area contributed by atoms with Crippen molar-refractivity contribution in [3.8, 4) is 0 Å². The Hall–Kier alpha value is -2.31. The Morgan fingerprint density at radius 2 is 1.58 bits per heavy atom. The number of esters is 2. The minimum Gasteiger partial charge on any atom is -0.464 e.